The second kappa shape index (κ2) is 8.42. The van der Waals surface area contributed by atoms with Crippen molar-refractivity contribution >= 4 is 34.2 Å². The molecule has 0 saturated heterocycles. The van der Waals surface area contributed by atoms with E-state index in [1.807, 2.05) is 13.0 Å². The molecule has 0 atom stereocenters. The summed E-state index contributed by atoms with van der Waals surface area (Å²) in [5.74, 6) is 1.49. The maximum absolute atomic E-state index is 12.9. The van der Waals surface area contributed by atoms with Gasteiger partial charge < -0.3 is 14.8 Å². The monoisotopic (exact) mass is 422 g/mol. The molecular weight excluding hydrogens is 404 g/mol. The van der Waals surface area contributed by atoms with E-state index >= 15 is 0 Å². The number of methoxy groups -OCH3 is 1. The van der Waals surface area contributed by atoms with Crippen LogP contribution in [0.5, 0.6) is 17.2 Å². The molecule has 0 fully saturated rings. The molecule has 1 heterocycles. The summed E-state index contributed by atoms with van der Waals surface area (Å²) >= 11 is 6.14. The number of hydrogen-bond acceptors (Lipinski definition) is 5. The molecule has 30 heavy (non-hydrogen) atoms. The van der Waals surface area contributed by atoms with Gasteiger partial charge in [0.2, 0.25) is 0 Å². The Morgan fingerprint density at radius 3 is 2.57 bits per heavy atom. The number of rotatable bonds is 6. The number of carbonyl (C=O) groups is 1. The van der Waals surface area contributed by atoms with Gasteiger partial charge in [-0.05, 0) is 67.6 Å². The highest BCUT2D eigenvalue weighted by Gasteiger charge is 2.14. The summed E-state index contributed by atoms with van der Waals surface area (Å²) in [6.45, 7) is 2.69. The summed E-state index contributed by atoms with van der Waals surface area (Å²) in [6, 6.07) is 17.5. The number of aromatic nitrogens is 3. The van der Waals surface area contributed by atoms with Gasteiger partial charge in [0.15, 0.2) is 5.75 Å². The second-order valence-corrected chi connectivity index (χ2v) is 6.92. The van der Waals surface area contributed by atoms with E-state index in [1.54, 1.807) is 66.4 Å². The lowest BCUT2D eigenvalue weighted by atomic mass is 10.1. The minimum absolute atomic E-state index is 0.301. The second-order valence-electron chi connectivity index (χ2n) is 6.48. The minimum Gasteiger partial charge on any atom is -0.497 e. The number of ether oxygens (including phenoxy) is 2. The van der Waals surface area contributed by atoms with Crippen LogP contribution in [0.4, 0.5) is 5.69 Å². The van der Waals surface area contributed by atoms with E-state index in [2.05, 4.69) is 15.6 Å². The number of anilines is 1. The predicted molar refractivity (Wildman–Crippen MR) is 116 cm³/mol. The molecule has 0 aliphatic carbocycles. The average Bonchev–Trinajstić information content (AvgIpc) is 3.18. The Labute approximate surface area is 178 Å². The van der Waals surface area contributed by atoms with Crippen LogP contribution in [-0.4, -0.2) is 28.0 Å². The number of amides is 1. The van der Waals surface area contributed by atoms with Crippen LogP contribution < -0.4 is 14.8 Å². The minimum atomic E-state index is -0.301. The zero-order chi connectivity index (χ0) is 21.1. The lowest BCUT2D eigenvalue weighted by molar-refractivity contribution is 0.102. The number of nitrogens with zero attached hydrogens (tertiary/aromatic N) is 3. The molecule has 4 rings (SSSR count). The predicted octanol–water partition coefficient (Wildman–Crippen LogP) is 5.16. The van der Waals surface area contributed by atoms with Crippen LogP contribution in [0.1, 0.15) is 17.3 Å². The summed E-state index contributed by atoms with van der Waals surface area (Å²) < 4.78 is 12.9. The highest BCUT2D eigenvalue weighted by atomic mass is 35.5. The number of nitrogens with one attached hydrogen (secondary N) is 1. The van der Waals surface area contributed by atoms with Crippen LogP contribution in [0.15, 0.2) is 60.7 Å². The topological polar surface area (TPSA) is 78.3 Å². The Morgan fingerprint density at radius 1 is 1.07 bits per heavy atom. The van der Waals surface area contributed by atoms with Crippen molar-refractivity contribution in [3.05, 3.63) is 71.2 Å². The fraction of sp³-hybridized carbons (Fsp3) is 0.136. The first-order valence-electron chi connectivity index (χ1n) is 9.33. The molecular formula is C22H19ClN4O3. The van der Waals surface area contributed by atoms with Crippen LogP contribution in [0, 0.1) is 0 Å². The molecule has 0 spiro atoms. The fourth-order valence-electron chi connectivity index (χ4n) is 3.00. The number of carbonyl (C=O) groups excluding carboxylic acids is 1. The maximum atomic E-state index is 12.9. The van der Waals surface area contributed by atoms with Crippen LogP contribution in [0.2, 0.25) is 5.02 Å². The normalized spacial score (nSPS) is 10.8. The van der Waals surface area contributed by atoms with E-state index < -0.39 is 0 Å². The van der Waals surface area contributed by atoms with E-state index in [0.717, 1.165) is 11.3 Å². The number of halogens is 1. The third kappa shape index (κ3) is 4.06. The third-order valence-electron chi connectivity index (χ3n) is 4.55. The van der Waals surface area contributed by atoms with Gasteiger partial charge in [0.25, 0.3) is 5.91 Å². The number of fused-ring (bicyclic) bond motifs is 1. The molecule has 3 aromatic carbocycles. The maximum Gasteiger partial charge on any atom is 0.255 e. The van der Waals surface area contributed by atoms with Crippen molar-refractivity contribution in [3.63, 3.8) is 0 Å². The van der Waals surface area contributed by atoms with Crippen LogP contribution >= 0.6 is 11.6 Å². The number of hydrogen-bond donors (Lipinski definition) is 1. The first-order chi connectivity index (χ1) is 14.6. The van der Waals surface area contributed by atoms with Crippen molar-refractivity contribution in [1.82, 2.24) is 15.0 Å². The number of benzene rings is 3. The lowest BCUT2D eigenvalue weighted by Crippen LogP contribution is -2.12. The molecule has 1 aromatic heterocycles. The molecule has 1 N–H and O–H groups in total. The van der Waals surface area contributed by atoms with Gasteiger partial charge >= 0.3 is 0 Å². The van der Waals surface area contributed by atoms with Gasteiger partial charge in [-0.25, -0.2) is 4.68 Å². The van der Waals surface area contributed by atoms with Gasteiger partial charge in [0, 0.05) is 17.1 Å². The molecule has 0 saturated carbocycles. The Bertz CT molecular complexity index is 1200. The molecule has 0 radical (unpaired) electrons. The zero-order valence-electron chi connectivity index (χ0n) is 16.4. The van der Waals surface area contributed by atoms with Crippen molar-refractivity contribution in [2.45, 2.75) is 13.5 Å². The van der Waals surface area contributed by atoms with E-state index in [0.29, 0.717) is 39.8 Å². The molecule has 0 unspecified atom stereocenters. The molecule has 0 aliphatic rings. The Balaban J connectivity index is 1.58. The first-order valence-corrected chi connectivity index (χ1v) is 9.71. The molecule has 0 bridgehead atoms. The lowest BCUT2D eigenvalue weighted by Gasteiger charge is -2.13. The van der Waals surface area contributed by atoms with Crippen molar-refractivity contribution in [2.24, 2.45) is 0 Å². The first kappa shape index (κ1) is 19.7. The van der Waals surface area contributed by atoms with E-state index in [9.17, 15) is 4.79 Å². The van der Waals surface area contributed by atoms with Crippen molar-refractivity contribution in [2.75, 3.05) is 12.4 Å². The molecule has 7 nitrogen and oxygen atoms in total. The van der Waals surface area contributed by atoms with Gasteiger partial charge in [-0.2, -0.15) is 0 Å². The highest BCUT2D eigenvalue weighted by molar-refractivity contribution is 6.31. The average molecular weight is 423 g/mol. The van der Waals surface area contributed by atoms with Gasteiger partial charge in [0.1, 0.15) is 17.0 Å². The fourth-order valence-corrected chi connectivity index (χ4v) is 3.17. The van der Waals surface area contributed by atoms with Crippen LogP contribution in [0.3, 0.4) is 0 Å². The van der Waals surface area contributed by atoms with Crippen molar-refractivity contribution < 1.29 is 14.3 Å². The quantitative estimate of drug-likeness (QED) is 0.464. The van der Waals surface area contributed by atoms with Crippen molar-refractivity contribution in [3.8, 4) is 17.2 Å². The van der Waals surface area contributed by atoms with Gasteiger partial charge in [-0.1, -0.05) is 16.8 Å². The third-order valence-corrected chi connectivity index (χ3v) is 4.79. The Kier molecular flexibility index (Phi) is 5.54. The highest BCUT2D eigenvalue weighted by Crippen LogP contribution is 2.33. The summed E-state index contributed by atoms with van der Waals surface area (Å²) in [5, 5.41) is 11.5. The summed E-state index contributed by atoms with van der Waals surface area (Å²) in [6.07, 6.45) is 0. The Hall–Kier alpha value is -3.58. The Morgan fingerprint density at radius 2 is 1.83 bits per heavy atom. The molecule has 0 aliphatic heterocycles. The van der Waals surface area contributed by atoms with Crippen LogP contribution in [0.25, 0.3) is 11.0 Å². The van der Waals surface area contributed by atoms with E-state index in [-0.39, 0.29) is 5.91 Å². The largest absolute Gasteiger partial charge is 0.497 e. The summed E-state index contributed by atoms with van der Waals surface area (Å²) in [7, 11) is 1.60. The van der Waals surface area contributed by atoms with Gasteiger partial charge in [0.05, 0.1) is 18.3 Å². The van der Waals surface area contributed by atoms with Crippen molar-refractivity contribution in [1.29, 1.82) is 0 Å². The number of aryl methyl sites for hydroxylation is 1. The van der Waals surface area contributed by atoms with Gasteiger partial charge in [-0.15, -0.1) is 5.10 Å². The summed E-state index contributed by atoms with van der Waals surface area (Å²) in [5.41, 5.74) is 2.45. The smallest absolute Gasteiger partial charge is 0.255 e. The van der Waals surface area contributed by atoms with E-state index in [4.69, 9.17) is 21.1 Å². The van der Waals surface area contributed by atoms with E-state index in [1.165, 1.54) is 0 Å². The summed E-state index contributed by atoms with van der Waals surface area (Å²) in [4.78, 5) is 12.9. The van der Waals surface area contributed by atoms with Crippen LogP contribution in [-0.2, 0) is 6.54 Å². The molecule has 152 valence electrons. The van der Waals surface area contributed by atoms with Gasteiger partial charge in [-0.3, -0.25) is 4.79 Å². The zero-order valence-corrected chi connectivity index (χ0v) is 17.2. The molecule has 8 heteroatoms. The standard InChI is InChI=1S/C22H19ClN4O3/c1-3-27-20-10-4-14(12-18(20)25-26-27)22(28)24-19-13-15(23)5-11-21(19)30-17-8-6-16(29-2)7-9-17/h4-13H,3H2,1-2H3,(H,24,28). The molecule has 1 amide bonds. The SMILES string of the molecule is CCn1nnc2cc(C(=O)Nc3cc(Cl)ccc3Oc3ccc(OC)cc3)ccc21. The molecule has 4 aromatic rings.